The van der Waals surface area contributed by atoms with Gasteiger partial charge in [-0.3, -0.25) is 9.69 Å². The Hall–Kier alpha value is -2.68. The molecule has 0 radical (unpaired) electrons. The van der Waals surface area contributed by atoms with Crippen LogP contribution in [0.3, 0.4) is 0 Å². The van der Waals surface area contributed by atoms with E-state index in [1.165, 1.54) is 23.4 Å². The van der Waals surface area contributed by atoms with E-state index in [4.69, 9.17) is 4.74 Å². The molecule has 2 fully saturated rings. The Bertz CT molecular complexity index is 1280. The first-order valence-electron chi connectivity index (χ1n) is 11.9. The van der Waals surface area contributed by atoms with Gasteiger partial charge >= 0.3 is 0 Å². The number of carbonyl (C=O) groups is 1. The average Bonchev–Trinajstić information content (AvgIpc) is 3.20. The topological polar surface area (TPSA) is 80.6 Å². The van der Waals surface area contributed by atoms with Gasteiger partial charge in [0.2, 0.25) is 5.91 Å². The van der Waals surface area contributed by atoms with E-state index >= 15 is 0 Å². The first-order chi connectivity index (χ1) is 16.4. The Kier molecular flexibility index (Phi) is 6.46. The zero-order valence-corrected chi connectivity index (χ0v) is 20.3. The van der Waals surface area contributed by atoms with E-state index < -0.39 is 9.84 Å². The molecule has 2 aliphatic rings. The molecule has 1 amide bonds. The lowest BCUT2D eigenvalue weighted by Crippen LogP contribution is -2.39. The highest BCUT2D eigenvalue weighted by molar-refractivity contribution is 7.91. The SMILES string of the molecule is CC(=O)Nc1ccc(-c2cc3cc(CN4CCS(=O)(=O)CC4)ccc3n2C2CCOCC2)cc1. The second-order valence-electron chi connectivity index (χ2n) is 9.32. The number of hydrogen-bond donors (Lipinski definition) is 1. The molecule has 1 N–H and O–H groups in total. The Labute approximate surface area is 200 Å². The van der Waals surface area contributed by atoms with Gasteiger partial charge in [0, 0.05) is 68.1 Å². The number of carbonyl (C=O) groups excluding carboxylic acids is 1. The molecular weight excluding hydrogens is 450 g/mol. The van der Waals surface area contributed by atoms with Crippen molar-refractivity contribution >= 4 is 32.3 Å². The van der Waals surface area contributed by atoms with Crippen LogP contribution < -0.4 is 5.32 Å². The molecule has 2 saturated heterocycles. The summed E-state index contributed by atoms with van der Waals surface area (Å²) in [5, 5.41) is 4.02. The number of nitrogens with one attached hydrogen (secondary N) is 1. The van der Waals surface area contributed by atoms with E-state index in [-0.39, 0.29) is 17.4 Å². The molecule has 0 aliphatic carbocycles. The van der Waals surface area contributed by atoms with Crippen molar-refractivity contribution in [2.45, 2.75) is 32.4 Å². The largest absolute Gasteiger partial charge is 0.381 e. The van der Waals surface area contributed by atoms with Gasteiger partial charge in [-0.15, -0.1) is 0 Å². The lowest BCUT2D eigenvalue weighted by atomic mass is 10.1. The molecule has 1 aromatic heterocycles. The van der Waals surface area contributed by atoms with Crippen LogP contribution in [0.15, 0.2) is 48.5 Å². The van der Waals surface area contributed by atoms with Crippen molar-refractivity contribution in [1.82, 2.24) is 9.47 Å². The van der Waals surface area contributed by atoms with Crippen LogP contribution in [0, 0.1) is 0 Å². The van der Waals surface area contributed by atoms with E-state index in [9.17, 15) is 13.2 Å². The summed E-state index contributed by atoms with van der Waals surface area (Å²) in [6.45, 7) is 4.99. The second kappa shape index (κ2) is 9.52. The first kappa shape index (κ1) is 23.1. The smallest absolute Gasteiger partial charge is 0.221 e. The molecule has 0 bridgehead atoms. The minimum Gasteiger partial charge on any atom is -0.381 e. The van der Waals surface area contributed by atoms with E-state index in [0.29, 0.717) is 19.1 Å². The van der Waals surface area contributed by atoms with Crippen molar-refractivity contribution in [3.8, 4) is 11.3 Å². The van der Waals surface area contributed by atoms with Gasteiger partial charge in [0.1, 0.15) is 0 Å². The molecule has 2 aromatic carbocycles. The zero-order valence-electron chi connectivity index (χ0n) is 19.5. The number of hydrogen-bond acceptors (Lipinski definition) is 5. The second-order valence-corrected chi connectivity index (χ2v) is 11.6. The van der Waals surface area contributed by atoms with Gasteiger partial charge in [0.25, 0.3) is 0 Å². The van der Waals surface area contributed by atoms with Crippen molar-refractivity contribution in [2.75, 3.05) is 43.1 Å². The summed E-state index contributed by atoms with van der Waals surface area (Å²) in [6.07, 6.45) is 1.95. The third kappa shape index (κ3) is 5.04. The Balaban J connectivity index is 1.48. The molecule has 34 heavy (non-hydrogen) atoms. The van der Waals surface area contributed by atoms with E-state index in [1.54, 1.807) is 0 Å². The van der Waals surface area contributed by atoms with Crippen LogP contribution in [-0.4, -0.2) is 61.6 Å². The summed E-state index contributed by atoms with van der Waals surface area (Å²) in [5.74, 6) is 0.407. The normalized spacial score (nSPS) is 19.3. The number of rotatable bonds is 5. The fourth-order valence-corrected chi connectivity index (χ4v) is 6.31. The van der Waals surface area contributed by atoms with Crippen molar-refractivity contribution in [1.29, 1.82) is 0 Å². The minimum absolute atomic E-state index is 0.0806. The van der Waals surface area contributed by atoms with Crippen molar-refractivity contribution in [2.24, 2.45) is 0 Å². The van der Waals surface area contributed by atoms with Gasteiger partial charge in [-0.05, 0) is 54.3 Å². The van der Waals surface area contributed by atoms with E-state index in [2.05, 4.69) is 51.2 Å². The standard InChI is InChI=1S/C26H31N3O4S/c1-19(30)27-23-5-3-21(4-6-23)26-17-22-16-20(18-28-10-14-34(31,32)15-11-28)2-7-25(22)29(26)24-8-12-33-13-9-24/h2-7,16-17,24H,8-15,18H2,1H3,(H,27,30). The van der Waals surface area contributed by atoms with E-state index in [0.717, 1.165) is 49.5 Å². The molecule has 0 saturated carbocycles. The predicted octanol–water partition coefficient (Wildman–Crippen LogP) is 3.85. The Morgan fingerprint density at radius 3 is 2.41 bits per heavy atom. The lowest BCUT2D eigenvalue weighted by Gasteiger charge is -2.27. The number of anilines is 1. The van der Waals surface area contributed by atoms with Crippen molar-refractivity contribution < 1.29 is 17.9 Å². The zero-order chi connectivity index (χ0) is 23.7. The molecule has 3 aromatic rings. The number of amides is 1. The fraction of sp³-hybridized carbons (Fsp3) is 0.423. The molecule has 180 valence electrons. The maximum Gasteiger partial charge on any atom is 0.221 e. The number of nitrogens with zero attached hydrogens (tertiary/aromatic N) is 2. The molecule has 0 unspecified atom stereocenters. The van der Waals surface area contributed by atoms with Gasteiger partial charge < -0.3 is 14.6 Å². The molecule has 8 heteroatoms. The first-order valence-corrected chi connectivity index (χ1v) is 13.7. The maximum atomic E-state index is 11.8. The van der Waals surface area contributed by atoms with Crippen molar-refractivity contribution in [3.63, 3.8) is 0 Å². The van der Waals surface area contributed by atoms with Gasteiger partial charge in [-0.25, -0.2) is 8.42 Å². The third-order valence-electron chi connectivity index (χ3n) is 6.80. The fourth-order valence-electron chi connectivity index (χ4n) is 5.04. The number of aromatic nitrogens is 1. The molecule has 5 rings (SSSR count). The Morgan fingerprint density at radius 2 is 1.74 bits per heavy atom. The number of ether oxygens (including phenoxy) is 1. The highest BCUT2D eigenvalue weighted by Crippen LogP contribution is 2.36. The summed E-state index contributed by atoms with van der Waals surface area (Å²) >= 11 is 0. The van der Waals surface area contributed by atoms with Gasteiger partial charge in [-0.2, -0.15) is 0 Å². The summed E-state index contributed by atoms with van der Waals surface area (Å²) in [4.78, 5) is 13.6. The molecule has 2 aliphatic heterocycles. The van der Waals surface area contributed by atoms with Crippen LogP contribution in [0.2, 0.25) is 0 Å². The molecular formula is C26H31N3O4S. The summed E-state index contributed by atoms with van der Waals surface area (Å²) in [5.41, 5.74) is 5.47. The lowest BCUT2D eigenvalue weighted by molar-refractivity contribution is -0.114. The van der Waals surface area contributed by atoms with Gasteiger partial charge in [0.15, 0.2) is 9.84 Å². The van der Waals surface area contributed by atoms with Crippen LogP contribution >= 0.6 is 0 Å². The number of benzene rings is 2. The summed E-state index contributed by atoms with van der Waals surface area (Å²) in [7, 11) is -2.88. The minimum atomic E-state index is -2.88. The number of sulfone groups is 1. The Morgan fingerprint density at radius 1 is 1.03 bits per heavy atom. The summed E-state index contributed by atoms with van der Waals surface area (Å²) in [6, 6.07) is 17.2. The monoisotopic (exact) mass is 481 g/mol. The maximum absolute atomic E-state index is 11.8. The quantitative estimate of drug-likeness (QED) is 0.599. The number of fused-ring (bicyclic) bond motifs is 1. The molecule has 0 spiro atoms. The predicted molar refractivity (Wildman–Crippen MR) is 135 cm³/mol. The van der Waals surface area contributed by atoms with Crippen LogP contribution in [0.1, 0.15) is 31.4 Å². The third-order valence-corrected chi connectivity index (χ3v) is 8.41. The molecule has 0 atom stereocenters. The van der Waals surface area contributed by atoms with Crippen molar-refractivity contribution in [3.05, 3.63) is 54.1 Å². The van der Waals surface area contributed by atoms with Gasteiger partial charge in [0.05, 0.1) is 11.5 Å². The average molecular weight is 482 g/mol. The highest BCUT2D eigenvalue weighted by atomic mass is 32.2. The highest BCUT2D eigenvalue weighted by Gasteiger charge is 2.23. The molecule has 3 heterocycles. The van der Waals surface area contributed by atoms with E-state index in [1.807, 2.05) is 12.1 Å². The summed E-state index contributed by atoms with van der Waals surface area (Å²) < 4.78 is 31.6. The van der Waals surface area contributed by atoms with Crippen LogP contribution in [0.25, 0.3) is 22.2 Å². The van der Waals surface area contributed by atoms with Crippen LogP contribution in [0.5, 0.6) is 0 Å². The molecule has 7 nitrogen and oxygen atoms in total. The van der Waals surface area contributed by atoms with Crippen LogP contribution in [0.4, 0.5) is 5.69 Å². The van der Waals surface area contributed by atoms with Crippen LogP contribution in [-0.2, 0) is 25.9 Å². The van der Waals surface area contributed by atoms with Gasteiger partial charge in [-0.1, -0.05) is 18.2 Å².